The Kier molecular flexibility index (Phi) is 5.13. The highest BCUT2D eigenvalue weighted by Gasteiger charge is 2.20. The van der Waals surface area contributed by atoms with Crippen LogP contribution in [0.1, 0.15) is 27.6 Å². The van der Waals surface area contributed by atoms with Crippen LogP contribution in [0.3, 0.4) is 0 Å². The van der Waals surface area contributed by atoms with Crippen LogP contribution >= 0.6 is 11.8 Å². The number of nitro groups is 1. The molecule has 0 unspecified atom stereocenters. The third-order valence-corrected chi connectivity index (χ3v) is 4.22. The van der Waals surface area contributed by atoms with E-state index in [-0.39, 0.29) is 17.0 Å². The SMILES string of the molecule is COC(=O)c1ccccc1Sc1ccc(C(C)=O)cc1[N+](=O)[O-]. The predicted octanol–water partition coefficient (Wildman–Crippen LogP) is 3.74. The van der Waals surface area contributed by atoms with Crippen molar-refractivity contribution in [2.24, 2.45) is 0 Å². The van der Waals surface area contributed by atoms with Crippen molar-refractivity contribution in [2.75, 3.05) is 7.11 Å². The van der Waals surface area contributed by atoms with Gasteiger partial charge in [0.15, 0.2) is 5.78 Å². The molecule has 0 aliphatic heterocycles. The van der Waals surface area contributed by atoms with Gasteiger partial charge in [-0.05, 0) is 31.2 Å². The largest absolute Gasteiger partial charge is 0.465 e. The van der Waals surface area contributed by atoms with Crippen molar-refractivity contribution in [2.45, 2.75) is 16.7 Å². The standard InChI is InChI=1S/C16H13NO5S/c1-10(18)11-7-8-15(13(9-11)17(20)21)23-14-6-4-3-5-12(14)16(19)22-2/h3-9H,1-2H3. The molecule has 0 aromatic heterocycles. The van der Waals surface area contributed by atoms with E-state index in [2.05, 4.69) is 0 Å². The minimum atomic E-state index is -0.546. The van der Waals surface area contributed by atoms with Crippen molar-refractivity contribution < 1.29 is 19.2 Å². The zero-order valence-electron chi connectivity index (χ0n) is 12.4. The number of benzene rings is 2. The minimum Gasteiger partial charge on any atom is -0.465 e. The summed E-state index contributed by atoms with van der Waals surface area (Å²) in [7, 11) is 1.27. The summed E-state index contributed by atoms with van der Waals surface area (Å²) < 4.78 is 4.71. The van der Waals surface area contributed by atoms with Gasteiger partial charge in [-0.1, -0.05) is 23.9 Å². The molecule has 7 heteroatoms. The van der Waals surface area contributed by atoms with Crippen LogP contribution in [0, 0.1) is 10.1 Å². The van der Waals surface area contributed by atoms with Crippen LogP contribution in [-0.2, 0) is 4.74 Å². The number of ether oxygens (including phenoxy) is 1. The van der Waals surface area contributed by atoms with Crippen LogP contribution in [0.4, 0.5) is 5.69 Å². The quantitative estimate of drug-likeness (QED) is 0.359. The molecule has 0 aliphatic rings. The first-order chi connectivity index (χ1) is 10.9. The van der Waals surface area contributed by atoms with Crippen LogP contribution in [0.15, 0.2) is 52.3 Å². The number of Topliss-reactive ketones (excluding diaryl/α,β-unsaturated/α-hetero) is 1. The minimum absolute atomic E-state index is 0.178. The first kappa shape index (κ1) is 16.7. The second-order valence-corrected chi connectivity index (χ2v) is 5.67. The predicted molar refractivity (Wildman–Crippen MR) is 85.0 cm³/mol. The summed E-state index contributed by atoms with van der Waals surface area (Å²) in [5.74, 6) is -0.768. The number of methoxy groups -OCH3 is 1. The summed E-state index contributed by atoms with van der Waals surface area (Å²) >= 11 is 1.08. The van der Waals surface area contributed by atoms with Gasteiger partial charge in [-0.25, -0.2) is 4.79 Å². The fraction of sp³-hybridized carbons (Fsp3) is 0.125. The lowest BCUT2D eigenvalue weighted by Gasteiger charge is -2.08. The van der Waals surface area contributed by atoms with Crippen LogP contribution < -0.4 is 0 Å². The van der Waals surface area contributed by atoms with Gasteiger partial charge in [0, 0.05) is 16.5 Å². The summed E-state index contributed by atoms with van der Waals surface area (Å²) in [6, 6.07) is 11.0. The number of rotatable bonds is 5. The second-order valence-electron chi connectivity index (χ2n) is 4.59. The molecule has 118 valence electrons. The lowest BCUT2D eigenvalue weighted by Crippen LogP contribution is -2.03. The molecule has 0 bridgehead atoms. The molecule has 0 radical (unpaired) electrons. The first-order valence-electron chi connectivity index (χ1n) is 6.58. The fourth-order valence-electron chi connectivity index (χ4n) is 1.92. The number of carbonyl (C=O) groups excluding carboxylic acids is 2. The molecule has 0 saturated heterocycles. The van der Waals surface area contributed by atoms with Crippen LogP contribution in [0.25, 0.3) is 0 Å². The summed E-state index contributed by atoms with van der Waals surface area (Å²) in [6.07, 6.45) is 0. The van der Waals surface area contributed by atoms with E-state index >= 15 is 0 Å². The van der Waals surface area contributed by atoms with Crippen LogP contribution in [0.5, 0.6) is 0 Å². The van der Waals surface area contributed by atoms with E-state index in [0.717, 1.165) is 11.8 Å². The molecule has 0 N–H and O–H groups in total. The summed E-state index contributed by atoms with van der Waals surface area (Å²) in [5, 5.41) is 11.3. The molecular weight excluding hydrogens is 318 g/mol. The van der Waals surface area contributed by atoms with Crippen molar-refractivity contribution in [1.29, 1.82) is 0 Å². The number of esters is 1. The number of nitrogens with zero attached hydrogens (tertiary/aromatic N) is 1. The molecule has 0 saturated carbocycles. The van der Waals surface area contributed by atoms with E-state index in [1.807, 2.05) is 0 Å². The molecule has 0 aliphatic carbocycles. The molecule has 23 heavy (non-hydrogen) atoms. The van der Waals surface area contributed by atoms with Crippen LogP contribution in [0.2, 0.25) is 0 Å². The molecule has 2 rings (SSSR count). The Balaban J connectivity index is 2.47. The summed E-state index contributed by atoms with van der Waals surface area (Å²) in [5.41, 5.74) is 0.412. The van der Waals surface area contributed by atoms with Gasteiger partial charge in [0.25, 0.3) is 5.69 Å². The van der Waals surface area contributed by atoms with E-state index in [4.69, 9.17) is 4.74 Å². The topological polar surface area (TPSA) is 86.5 Å². The molecule has 0 amide bonds. The van der Waals surface area contributed by atoms with E-state index in [0.29, 0.717) is 15.4 Å². The molecule has 0 spiro atoms. The molecular formula is C16H13NO5S. The second kappa shape index (κ2) is 7.06. The Hall–Kier alpha value is -2.67. The summed E-state index contributed by atoms with van der Waals surface area (Å²) in [4.78, 5) is 34.7. The Morgan fingerprint density at radius 3 is 2.43 bits per heavy atom. The van der Waals surface area contributed by atoms with Crippen molar-refractivity contribution in [3.63, 3.8) is 0 Å². The van der Waals surface area contributed by atoms with Gasteiger partial charge in [0.05, 0.1) is 22.5 Å². The van der Waals surface area contributed by atoms with Crippen LogP contribution in [-0.4, -0.2) is 23.8 Å². The monoisotopic (exact) mass is 331 g/mol. The lowest BCUT2D eigenvalue weighted by atomic mass is 10.1. The highest BCUT2D eigenvalue weighted by atomic mass is 32.2. The smallest absolute Gasteiger partial charge is 0.339 e. The molecule has 0 fully saturated rings. The van der Waals surface area contributed by atoms with Crippen molar-refractivity contribution >= 4 is 29.2 Å². The Morgan fingerprint density at radius 2 is 1.83 bits per heavy atom. The zero-order valence-corrected chi connectivity index (χ0v) is 13.3. The van der Waals surface area contributed by atoms with Gasteiger partial charge in [-0.2, -0.15) is 0 Å². The molecule has 6 nitrogen and oxygen atoms in total. The maximum Gasteiger partial charge on any atom is 0.339 e. The third-order valence-electron chi connectivity index (χ3n) is 3.07. The zero-order chi connectivity index (χ0) is 17.0. The third kappa shape index (κ3) is 3.75. The normalized spacial score (nSPS) is 10.2. The van der Waals surface area contributed by atoms with Gasteiger partial charge in [0.1, 0.15) is 0 Å². The molecule has 2 aromatic carbocycles. The average molecular weight is 331 g/mol. The van der Waals surface area contributed by atoms with Gasteiger partial charge in [-0.15, -0.1) is 0 Å². The number of carbonyl (C=O) groups is 2. The first-order valence-corrected chi connectivity index (χ1v) is 7.40. The molecule has 2 aromatic rings. The van der Waals surface area contributed by atoms with Gasteiger partial charge >= 0.3 is 5.97 Å². The number of ketones is 1. The maximum absolute atomic E-state index is 11.8. The molecule has 0 atom stereocenters. The van der Waals surface area contributed by atoms with E-state index in [9.17, 15) is 19.7 Å². The van der Waals surface area contributed by atoms with Crippen molar-refractivity contribution in [1.82, 2.24) is 0 Å². The summed E-state index contributed by atoms with van der Waals surface area (Å²) in [6.45, 7) is 1.35. The van der Waals surface area contributed by atoms with E-state index in [1.54, 1.807) is 24.3 Å². The highest BCUT2D eigenvalue weighted by Crippen LogP contribution is 2.37. The Morgan fingerprint density at radius 1 is 1.13 bits per heavy atom. The average Bonchev–Trinajstić information content (AvgIpc) is 2.54. The van der Waals surface area contributed by atoms with Gasteiger partial charge in [0.2, 0.25) is 0 Å². The Labute approximate surface area is 136 Å². The van der Waals surface area contributed by atoms with Crippen molar-refractivity contribution in [3.8, 4) is 0 Å². The van der Waals surface area contributed by atoms with E-state index in [1.165, 1.54) is 32.2 Å². The van der Waals surface area contributed by atoms with Gasteiger partial charge < -0.3 is 4.74 Å². The number of hydrogen-bond donors (Lipinski definition) is 0. The maximum atomic E-state index is 11.8. The fourth-order valence-corrected chi connectivity index (χ4v) is 2.94. The van der Waals surface area contributed by atoms with Crippen molar-refractivity contribution in [3.05, 3.63) is 63.7 Å². The highest BCUT2D eigenvalue weighted by molar-refractivity contribution is 7.99. The Bertz CT molecular complexity index is 788. The number of nitro benzene ring substituents is 1. The molecule has 0 heterocycles. The van der Waals surface area contributed by atoms with E-state index < -0.39 is 10.9 Å². The van der Waals surface area contributed by atoms with Gasteiger partial charge in [-0.3, -0.25) is 14.9 Å². The number of hydrogen-bond acceptors (Lipinski definition) is 6. The lowest BCUT2D eigenvalue weighted by molar-refractivity contribution is -0.387.